The first kappa shape index (κ1) is 26.0. The van der Waals surface area contributed by atoms with E-state index in [1.165, 1.54) is 14.0 Å². The normalized spacial score (nSPS) is 14.9. The number of carbonyl (C=O) groups excluding carboxylic acids is 3. The molecule has 0 saturated carbocycles. The Bertz CT molecular complexity index is 1340. The van der Waals surface area contributed by atoms with Crippen molar-refractivity contribution >= 4 is 34.7 Å². The van der Waals surface area contributed by atoms with Crippen molar-refractivity contribution in [3.8, 4) is 0 Å². The average molecular weight is 498 g/mol. The van der Waals surface area contributed by atoms with Gasteiger partial charge in [-0.2, -0.15) is 0 Å². The Hall–Kier alpha value is -4.10. The van der Waals surface area contributed by atoms with Gasteiger partial charge in [0.2, 0.25) is 5.91 Å². The van der Waals surface area contributed by atoms with Gasteiger partial charge in [0.25, 0.3) is 0 Å². The van der Waals surface area contributed by atoms with E-state index in [-0.39, 0.29) is 17.7 Å². The molecule has 1 aliphatic heterocycles. The minimum absolute atomic E-state index is 0.0640. The average Bonchev–Trinajstić information content (AvgIpc) is 3.21. The summed E-state index contributed by atoms with van der Waals surface area (Å²) in [6, 6.07) is 21.0. The van der Waals surface area contributed by atoms with Gasteiger partial charge >= 0.3 is 5.97 Å². The summed E-state index contributed by atoms with van der Waals surface area (Å²) in [7, 11) is 5.41. The number of ketones is 1. The number of esters is 1. The molecule has 1 heterocycles. The fraction of sp³-hybridized carbons (Fsp3) is 0.267. The summed E-state index contributed by atoms with van der Waals surface area (Å²) in [6.07, 6.45) is 0.851. The molecule has 3 aromatic rings. The molecule has 0 radical (unpaired) electrons. The van der Waals surface area contributed by atoms with Gasteiger partial charge in [0.05, 0.1) is 18.5 Å². The van der Waals surface area contributed by atoms with E-state index in [2.05, 4.69) is 10.2 Å². The first-order chi connectivity index (χ1) is 17.7. The number of fused-ring (bicyclic) bond motifs is 1. The van der Waals surface area contributed by atoms with Crippen molar-refractivity contribution in [2.24, 2.45) is 4.99 Å². The van der Waals surface area contributed by atoms with Crippen molar-refractivity contribution in [2.75, 3.05) is 26.5 Å². The van der Waals surface area contributed by atoms with Crippen LogP contribution >= 0.6 is 0 Å². The van der Waals surface area contributed by atoms with E-state index in [1.807, 2.05) is 62.6 Å². The number of benzene rings is 3. The number of hydrogen-bond acceptors (Lipinski definition) is 6. The largest absolute Gasteiger partial charge is 0.469 e. The Labute approximate surface area is 217 Å². The second-order valence-electron chi connectivity index (χ2n) is 9.45. The van der Waals surface area contributed by atoms with Crippen LogP contribution in [0.2, 0.25) is 0 Å². The zero-order chi connectivity index (χ0) is 26.5. The van der Waals surface area contributed by atoms with Crippen LogP contribution in [0.1, 0.15) is 51.9 Å². The number of Topliss-reactive ketones (excluding diaryl/α,β-unsaturated/α-hetero) is 1. The maximum Gasteiger partial charge on any atom is 0.305 e. The summed E-state index contributed by atoms with van der Waals surface area (Å²) in [4.78, 5) is 43.9. The first-order valence-electron chi connectivity index (χ1n) is 12.2. The summed E-state index contributed by atoms with van der Waals surface area (Å²) in [5.41, 5.74) is 6.23. The zero-order valence-electron chi connectivity index (χ0n) is 21.6. The van der Waals surface area contributed by atoms with Crippen LogP contribution < -0.4 is 5.32 Å². The number of hydrogen-bond donors (Lipinski definition) is 1. The fourth-order valence-corrected chi connectivity index (χ4v) is 4.42. The van der Waals surface area contributed by atoms with Crippen molar-refractivity contribution in [2.45, 2.75) is 32.2 Å². The Morgan fingerprint density at radius 1 is 0.946 bits per heavy atom. The van der Waals surface area contributed by atoms with Gasteiger partial charge in [-0.15, -0.1) is 0 Å². The molecule has 190 valence electrons. The highest BCUT2D eigenvalue weighted by atomic mass is 16.5. The summed E-state index contributed by atoms with van der Waals surface area (Å²) in [5.74, 6) is -1.18. The number of carbonyl (C=O) groups is 3. The molecule has 7 nitrogen and oxygen atoms in total. The number of aryl methyl sites for hydroxylation is 1. The maximum absolute atomic E-state index is 13.2. The molecule has 1 N–H and O–H groups in total. The number of anilines is 1. The minimum Gasteiger partial charge on any atom is -0.469 e. The number of aliphatic imine (C=N–C) groups is 1. The molecule has 1 atom stereocenters. The standard InChI is InChI=1S/C30H31N3O4/c1-19(34)23-12-15-26-25(17-23)28(30(36)32-26)29(31-24-13-7-21(8-14-24)18-33(2)3)22-10-5-20(6-11-22)9-16-27(35)37-4/h5-8,10-15,17,28H,9,16,18H2,1-4H3,(H,32,36). The van der Waals surface area contributed by atoms with Gasteiger partial charge in [-0.1, -0.05) is 36.4 Å². The van der Waals surface area contributed by atoms with Crippen LogP contribution in [0.4, 0.5) is 11.4 Å². The second kappa shape index (κ2) is 11.3. The first-order valence-corrected chi connectivity index (χ1v) is 12.2. The van der Waals surface area contributed by atoms with Gasteiger partial charge in [-0.05, 0) is 80.0 Å². The summed E-state index contributed by atoms with van der Waals surface area (Å²) >= 11 is 0. The molecule has 37 heavy (non-hydrogen) atoms. The van der Waals surface area contributed by atoms with Crippen molar-refractivity contribution in [1.82, 2.24) is 4.90 Å². The number of rotatable bonds is 9. The van der Waals surface area contributed by atoms with Crippen LogP contribution in [-0.4, -0.2) is 49.5 Å². The van der Waals surface area contributed by atoms with Crippen molar-refractivity contribution in [3.05, 3.63) is 94.5 Å². The van der Waals surface area contributed by atoms with Gasteiger partial charge in [-0.25, -0.2) is 0 Å². The molecule has 0 saturated heterocycles. The van der Waals surface area contributed by atoms with Gasteiger partial charge in [-0.3, -0.25) is 19.4 Å². The SMILES string of the molecule is COC(=O)CCc1ccc(C(=Nc2ccc(CN(C)C)cc2)C2C(=O)Nc3ccc(C(C)=O)cc32)cc1. The highest BCUT2D eigenvalue weighted by Gasteiger charge is 2.36. The minimum atomic E-state index is -0.670. The number of ether oxygens (including phenoxy) is 1. The maximum atomic E-state index is 13.2. The van der Waals surface area contributed by atoms with Crippen LogP contribution in [0, 0.1) is 0 Å². The fourth-order valence-electron chi connectivity index (χ4n) is 4.42. The monoisotopic (exact) mass is 497 g/mol. The molecular formula is C30H31N3O4. The molecule has 0 spiro atoms. The summed E-state index contributed by atoms with van der Waals surface area (Å²) in [6.45, 7) is 2.33. The molecule has 0 bridgehead atoms. The van der Waals surface area contributed by atoms with E-state index < -0.39 is 5.92 Å². The Kier molecular flexibility index (Phi) is 7.94. The number of methoxy groups -OCH3 is 1. The van der Waals surface area contributed by atoms with Crippen LogP contribution in [-0.2, 0) is 27.3 Å². The highest BCUT2D eigenvalue weighted by molar-refractivity contribution is 6.24. The van der Waals surface area contributed by atoms with E-state index >= 15 is 0 Å². The van der Waals surface area contributed by atoms with Gasteiger partial charge in [0, 0.05) is 24.2 Å². The van der Waals surface area contributed by atoms with Crippen molar-refractivity contribution < 1.29 is 19.1 Å². The third-order valence-electron chi connectivity index (χ3n) is 6.34. The Balaban J connectivity index is 1.75. The van der Waals surface area contributed by atoms with E-state index in [1.54, 1.807) is 18.2 Å². The molecular weight excluding hydrogens is 466 g/mol. The van der Waals surface area contributed by atoms with Crippen LogP contribution in [0.25, 0.3) is 0 Å². The molecule has 1 aliphatic rings. The summed E-state index contributed by atoms with van der Waals surface area (Å²) in [5, 5.41) is 2.94. The predicted molar refractivity (Wildman–Crippen MR) is 145 cm³/mol. The third-order valence-corrected chi connectivity index (χ3v) is 6.34. The predicted octanol–water partition coefficient (Wildman–Crippen LogP) is 4.91. The Morgan fingerprint density at radius 3 is 2.22 bits per heavy atom. The van der Waals surface area contributed by atoms with E-state index in [4.69, 9.17) is 9.73 Å². The molecule has 0 aliphatic carbocycles. The second-order valence-corrected chi connectivity index (χ2v) is 9.45. The van der Waals surface area contributed by atoms with Crippen molar-refractivity contribution in [1.29, 1.82) is 0 Å². The number of nitrogens with one attached hydrogen (secondary N) is 1. The zero-order valence-corrected chi connectivity index (χ0v) is 21.6. The van der Waals surface area contributed by atoms with E-state index in [0.717, 1.165) is 34.5 Å². The van der Waals surface area contributed by atoms with Gasteiger partial charge in [0.1, 0.15) is 5.92 Å². The highest BCUT2D eigenvalue weighted by Crippen LogP contribution is 2.37. The lowest BCUT2D eigenvalue weighted by atomic mass is 9.89. The Morgan fingerprint density at radius 2 is 1.59 bits per heavy atom. The van der Waals surface area contributed by atoms with Gasteiger partial charge in [0.15, 0.2) is 5.78 Å². The van der Waals surface area contributed by atoms with Crippen LogP contribution in [0.15, 0.2) is 71.7 Å². The molecule has 1 unspecified atom stereocenters. The molecule has 7 heteroatoms. The molecule has 0 aromatic heterocycles. The lowest BCUT2D eigenvalue weighted by Gasteiger charge is -2.15. The lowest BCUT2D eigenvalue weighted by Crippen LogP contribution is -2.22. The topological polar surface area (TPSA) is 88.1 Å². The van der Waals surface area contributed by atoms with Crippen LogP contribution in [0.5, 0.6) is 0 Å². The van der Waals surface area contributed by atoms with Gasteiger partial charge < -0.3 is 15.0 Å². The third kappa shape index (κ3) is 6.19. The quantitative estimate of drug-likeness (QED) is 0.258. The van der Waals surface area contributed by atoms with E-state index in [9.17, 15) is 14.4 Å². The number of nitrogens with zero attached hydrogens (tertiary/aromatic N) is 2. The number of amides is 1. The van der Waals surface area contributed by atoms with E-state index in [0.29, 0.717) is 29.8 Å². The van der Waals surface area contributed by atoms with Crippen molar-refractivity contribution in [3.63, 3.8) is 0 Å². The summed E-state index contributed by atoms with van der Waals surface area (Å²) < 4.78 is 4.74. The van der Waals surface area contributed by atoms with Crippen LogP contribution in [0.3, 0.4) is 0 Å². The lowest BCUT2D eigenvalue weighted by molar-refractivity contribution is -0.140. The smallest absolute Gasteiger partial charge is 0.305 e. The molecule has 3 aromatic carbocycles. The molecule has 4 rings (SSSR count). The molecule has 0 fully saturated rings. The molecule has 1 amide bonds.